The van der Waals surface area contributed by atoms with Crippen LogP contribution >= 0.6 is 0 Å². The first-order chi connectivity index (χ1) is 13.3. The molecule has 0 spiro atoms. The third-order valence-electron chi connectivity index (χ3n) is 4.71. The molecule has 3 aromatic rings. The summed E-state index contributed by atoms with van der Waals surface area (Å²) in [4.78, 5) is 4.29. The predicted molar refractivity (Wildman–Crippen MR) is 105 cm³/mol. The number of fused-ring (bicyclic) bond motifs is 2. The van der Waals surface area contributed by atoms with Crippen molar-refractivity contribution >= 4 is 11.6 Å². The lowest BCUT2D eigenvalue weighted by atomic mass is 10.1. The van der Waals surface area contributed by atoms with E-state index in [1.165, 1.54) is 11.1 Å². The van der Waals surface area contributed by atoms with E-state index in [-0.39, 0.29) is 0 Å². The molecule has 1 aliphatic heterocycles. The molecule has 0 saturated heterocycles. The molecule has 1 aromatic carbocycles. The molecule has 0 amide bonds. The van der Waals surface area contributed by atoms with E-state index in [4.69, 9.17) is 4.74 Å². The van der Waals surface area contributed by atoms with E-state index >= 15 is 0 Å². The lowest BCUT2D eigenvalue weighted by Gasteiger charge is -2.12. The number of guanidine groups is 1. The van der Waals surface area contributed by atoms with Gasteiger partial charge in [0.05, 0.1) is 6.61 Å². The number of hydrogen-bond donors (Lipinski definition) is 2. The Morgan fingerprint density at radius 3 is 2.93 bits per heavy atom. The van der Waals surface area contributed by atoms with Crippen molar-refractivity contribution in [3.8, 4) is 5.75 Å². The van der Waals surface area contributed by atoms with E-state index in [1.54, 1.807) is 7.05 Å². The van der Waals surface area contributed by atoms with E-state index in [0.29, 0.717) is 0 Å². The van der Waals surface area contributed by atoms with Gasteiger partial charge in [0, 0.05) is 39.2 Å². The van der Waals surface area contributed by atoms with Crippen LogP contribution in [0.15, 0.2) is 47.6 Å². The summed E-state index contributed by atoms with van der Waals surface area (Å²) in [6.07, 6.45) is 4.72. The second-order valence-electron chi connectivity index (χ2n) is 6.51. The molecular formula is C20H24N6O. The molecule has 0 unspecified atom stereocenters. The van der Waals surface area contributed by atoms with Crippen molar-refractivity contribution in [2.24, 2.45) is 4.99 Å². The van der Waals surface area contributed by atoms with Crippen LogP contribution in [0.4, 0.5) is 0 Å². The maximum absolute atomic E-state index is 5.56. The summed E-state index contributed by atoms with van der Waals surface area (Å²) in [6, 6.07) is 12.4. The van der Waals surface area contributed by atoms with Gasteiger partial charge in [0.25, 0.3) is 0 Å². The molecule has 2 aromatic heterocycles. The van der Waals surface area contributed by atoms with Crippen LogP contribution in [0.2, 0.25) is 0 Å². The van der Waals surface area contributed by atoms with Crippen molar-refractivity contribution in [2.45, 2.75) is 19.3 Å². The second kappa shape index (κ2) is 8.07. The molecular weight excluding hydrogens is 340 g/mol. The van der Waals surface area contributed by atoms with Crippen LogP contribution in [0.25, 0.3) is 5.65 Å². The van der Waals surface area contributed by atoms with Gasteiger partial charge in [-0.05, 0) is 35.7 Å². The van der Waals surface area contributed by atoms with E-state index in [9.17, 15) is 0 Å². The van der Waals surface area contributed by atoms with Crippen LogP contribution in [0.3, 0.4) is 0 Å². The van der Waals surface area contributed by atoms with Gasteiger partial charge >= 0.3 is 0 Å². The van der Waals surface area contributed by atoms with Gasteiger partial charge in [-0.25, -0.2) is 0 Å². The van der Waals surface area contributed by atoms with E-state index < -0.39 is 0 Å². The Labute approximate surface area is 158 Å². The maximum Gasteiger partial charge on any atom is 0.191 e. The average Bonchev–Trinajstić information content (AvgIpc) is 3.33. The first-order valence-corrected chi connectivity index (χ1v) is 9.31. The summed E-state index contributed by atoms with van der Waals surface area (Å²) in [6.45, 7) is 2.37. The number of nitrogens with zero attached hydrogens (tertiary/aromatic N) is 4. The van der Waals surface area contributed by atoms with E-state index in [2.05, 4.69) is 44.0 Å². The van der Waals surface area contributed by atoms with Crippen LogP contribution in [0.5, 0.6) is 5.75 Å². The fourth-order valence-corrected chi connectivity index (χ4v) is 3.30. The normalized spacial score (nSPS) is 13.4. The highest BCUT2D eigenvalue weighted by Gasteiger charge is 2.11. The summed E-state index contributed by atoms with van der Waals surface area (Å²) in [5.41, 5.74) is 3.50. The fourth-order valence-electron chi connectivity index (χ4n) is 3.30. The number of aliphatic imine (C=N–C) groups is 1. The summed E-state index contributed by atoms with van der Waals surface area (Å²) >= 11 is 0. The lowest BCUT2D eigenvalue weighted by molar-refractivity contribution is 0.357. The Morgan fingerprint density at radius 1 is 1.15 bits per heavy atom. The molecule has 0 fully saturated rings. The lowest BCUT2D eigenvalue weighted by Crippen LogP contribution is -2.39. The Morgan fingerprint density at radius 2 is 2.04 bits per heavy atom. The number of pyridine rings is 1. The molecule has 0 atom stereocenters. The fraction of sp³-hybridized carbons (Fsp3) is 0.350. The highest BCUT2D eigenvalue weighted by atomic mass is 16.5. The molecule has 3 heterocycles. The summed E-state index contributed by atoms with van der Waals surface area (Å²) < 4.78 is 7.57. The zero-order valence-electron chi connectivity index (χ0n) is 15.5. The number of ether oxygens (including phenoxy) is 1. The zero-order chi connectivity index (χ0) is 18.5. The molecule has 7 heteroatoms. The molecule has 140 valence electrons. The summed E-state index contributed by atoms with van der Waals surface area (Å²) in [5, 5.41) is 15.1. The Hall–Kier alpha value is -3.09. The topological polar surface area (TPSA) is 75.8 Å². The van der Waals surface area contributed by atoms with Crippen molar-refractivity contribution in [3.63, 3.8) is 0 Å². The SMILES string of the molecule is CN=C(NCCc1ccc2c(c1)CCO2)NCCc1nnc2ccccn12. The molecule has 7 nitrogen and oxygen atoms in total. The van der Waals surface area contributed by atoms with Gasteiger partial charge in [0.2, 0.25) is 0 Å². The third-order valence-corrected chi connectivity index (χ3v) is 4.71. The van der Waals surface area contributed by atoms with Crippen molar-refractivity contribution in [3.05, 3.63) is 59.5 Å². The van der Waals surface area contributed by atoms with Gasteiger partial charge in [-0.2, -0.15) is 0 Å². The van der Waals surface area contributed by atoms with E-state index in [0.717, 1.165) is 62.1 Å². The van der Waals surface area contributed by atoms with Gasteiger partial charge < -0.3 is 15.4 Å². The molecule has 0 radical (unpaired) electrons. The molecule has 1 aliphatic rings. The Balaban J connectivity index is 1.24. The smallest absolute Gasteiger partial charge is 0.191 e. The molecule has 0 saturated carbocycles. The number of aromatic nitrogens is 3. The maximum atomic E-state index is 5.56. The van der Waals surface area contributed by atoms with Gasteiger partial charge in [-0.15, -0.1) is 10.2 Å². The second-order valence-corrected chi connectivity index (χ2v) is 6.51. The summed E-state index contributed by atoms with van der Waals surface area (Å²) in [7, 11) is 1.79. The minimum Gasteiger partial charge on any atom is -0.493 e. The highest BCUT2D eigenvalue weighted by Crippen LogP contribution is 2.25. The number of rotatable bonds is 6. The van der Waals surface area contributed by atoms with Gasteiger partial charge in [0.15, 0.2) is 11.6 Å². The Bertz CT molecular complexity index is 949. The van der Waals surface area contributed by atoms with Gasteiger partial charge in [-0.3, -0.25) is 9.39 Å². The first-order valence-electron chi connectivity index (χ1n) is 9.31. The number of benzene rings is 1. The van der Waals surface area contributed by atoms with Crippen LogP contribution in [0, 0.1) is 0 Å². The van der Waals surface area contributed by atoms with Gasteiger partial charge in [-0.1, -0.05) is 18.2 Å². The van der Waals surface area contributed by atoms with Crippen LogP contribution in [0.1, 0.15) is 17.0 Å². The zero-order valence-corrected chi connectivity index (χ0v) is 15.5. The summed E-state index contributed by atoms with van der Waals surface area (Å²) in [5.74, 6) is 2.77. The molecule has 0 aliphatic carbocycles. The monoisotopic (exact) mass is 364 g/mol. The highest BCUT2D eigenvalue weighted by molar-refractivity contribution is 5.79. The van der Waals surface area contributed by atoms with Gasteiger partial charge in [0.1, 0.15) is 11.6 Å². The molecule has 27 heavy (non-hydrogen) atoms. The van der Waals surface area contributed by atoms with Crippen molar-refractivity contribution in [1.29, 1.82) is 0 Å². The minimum absolute atomic E-state index is 0.742. The van der Waals surface area contributed by atoms with E-state index in [1.807, 2.05) is 28.8 Å². The number of hydrogen-bond acceptors (Lipinski definition) is 4. The molecule has 2 N–H and O–H groups in total. The van der Waals surface area contributed by atoms with Crippen molar-refractivity contribution in [1.82, 2.24) is 25.2 Å². The van der Waals surface area contributed by atoms with Crippen LogP contribution < -0.4 is 15.4 Å². The molecule has 4 rings (SSSR count). The largest absolute Gasteiger partial charge is 0.493 e. The quantitative estimate of drug-likeness (QED) is 0.513. The Kier molecular flexibility index (Phi) is 5.18. The predicted octanol–water partition coefficient (Wildman–Crippen LogP) is 1.61. The minimum atomic E-state index is 0.742. The third kappa shape index (κ3) is 4.02. The standard InChI is InChI=1S/C20H24N6O/c1-21-20(22-10-7-15-5-6-17-16(14-15)9-13-27-17)23-11-8-19-25-24-18-4-2-3-12-26(18)19/h2-6,12,14H,7-11,13H2,1H3,(H2,21,22,23). The van der Waals surface area contributed by atoms with Crippen molar-refractivity contribution in [2.75, 3.05) is 26.7 Å². The van der Waals surface area contributed by atoms with Crippen molar-refractivity contribution < 1.29 is 4.74 Å². The molecule has 0 bridgehead atoms. The van der Waals surface area contributed by atoms with Crippen LogP contribution in [-0.4, -0.2) is 47.3 Å². The average molecular weight is 364 g/mol. The first kappa shape index (κ1) is 17.3. The van der Waals surface area contributed by atoms with Crippen LogP contribution in [-0.2, 0) is 19.3 Å². The number of nitrogens with one attached hydrogen (secondary N) is 2.